The highest BCUT2D eigenvalue weighted by Gasteiger charge is 2.24. The Kier molecular flexibility index (Phi) is 4.96. The van der Waals surface area contributed by atoms with Crippen molar-refractivity contribution in [3.63, 3.8) is 0 Å². The van der Waals surface area contributed by atoms with Gasteiger partial charge in [0.25, 0.3) is 0 Å². The molecule has 0 bridgehead atoms. The van der Waals surface area contributed by atoms with Crippen LogP contribution in [0.1, 0.15) is 32.1 Å². The SMILES string of the molecule is CONC(=S)N(c1ccccc1)C1CCCCC1. The van der Waals surface area contributed by atoms with Gasteiger partial charge in [-0.25, -0.2) is 5.48 Å². The number of thiocarbonyl (C=S) groups is 1. The smallest absolute Gasteiger partial charge is 0.197 e. The number of para-hydroxylation sites is 1. The van der Waals surface area contributed by atoms with Crippen LogP contribution in [0.2, 0.25) is 0 Å². The molecule has 1 aromatic rings. The first-order valence-corrected chi connectivity index (χ1v) is 6.91. The highest BCUT2D eigenvalue weighted by atomic mass is 32.1. The standard InChI is InChI=1S/C14H20N2OS/c1-17-15-14(18)16(12-8-4-2-5-9-12)13-10-6-3-7-11-13/h2,4-5,8-9,13H,3,6-7,10-11H2,1H3,(H,15,18). The Morgan fingerprint density at radius 2 is 1.89 bits per heavy atom. The van der Waals surface area contributed by atoms with E-state index in [0.717, 1.165) is 5.69 Å². The van der Waals surface area contributed by atoms with E-state index in [4.69, 9.17) is 17.1 Å². The Hall–Kier alpha value is -1.13. The molecule has 0 amide bonds. The molecule has 0 unspecified atom stereocenters. The summed E-state index contributed by atoms with van der Waals surface area (Å²) in [5.74, 6) is 0. The summed E-state index contributed by atoms with van der Waals surface area (Å²) < 4.78 is 0. The van der Waals surface area contributed by atoms with E-state index in [1.54, 1.807) is 7.11 Å². The molecule has 1 aliphatic carbocycles. The molecule has 98 valence electrons. The zero-order valence-corrected chi connectivity index (χ0v) is 11.6. The van der Waals surface area contributed by atoms with Crippen LogP contribution < -0.4 is 10.4 Å². The number of nitrogens with one attached hydrogen (secondary N) is 1. The number of rotatable bonds is 3. The number of hydroxylamine groups is 1. The van der Waals surface area contributed by atoms with Crippen molar-refractivity contribution < 1.29 is 4.84 Å². The number of nitrogens with zero attached hydrogens (tertiary/aromatic N) is 1. The van der Waals surface area contributed by atoms with Crippen LogP contribution in [0.25, 0.3) is 0 Å². The van der Waals surface area contributed by atoms with Gasteiger partial charge >= 0.3 is 0 Å². The highest BCUT2D eigenvalue weighted by molar-refractivity contribution is 7.80. The van der Waals surface area contributed by atoms with E-state index in [2.05, 4.69) is 22.5 Å². The zero-order chi connectivity index (χ0) is 12.8. The van der Waals surface area contributed by atoms with Crippen molar-refractivity contribution in [1.29, 1.82) is 0 Å². The van der Waals surface area contributed by atoms with Crippen LogP contribution in [-0.2, 0) is 4.84 Å². The fourth-order valence-corrected chi connectivity index (χ4v) is 2.90. The van der Waals surface area contributed by atoms with Gasteiger partial charge in [0.15, 0.2) is 5.11 Å². The van der Waals surface area contributed by atoms with Gasteiger partial charge in [-0.05, 0) is 37.2 Å². The molecule has 1 aromatic carbocycles. The molecule has 3 nitrogen and oxygen atoms in total. The summed E-state index contributed by atoms with van der Waals surface area (Å²) in [4.78, 5) is 7.16. The van der Waals surface area contributed by atoms with Crippen molar-refractivity contribution in [2.24, 2.45) is 0 Å². The van der Waals surface area contributed by atoms with Gasteiger partial charge in [0.2, 0.25) is 0 Å². The summed E-state index contributed by atoms with van der Waals surface area (Å²) in [6.45, 7) is 0. The minimum absolute atomic E-state index is 0.483. The normalized spacial score (nSPS) is 16.3. The molecule has 0 aromatic heterocycles. The molecule has 18 heavy (non-hydrogen) atoms. The van der Waals surface area contributed by atoms with Crippen molar-refractivity contribution in [2.45, 2.75) is 38.1 Å². The maximum absolute atomic E-state index is 5.43. The van der Waals surface area contributed by atoms with Crippen LogP contribution in [0.4, 0.5) is 5.69 Å². The topological polar surface area (TPSA) is 24.5 Å². The van der Waals surface area contributed by atoms with Crippen molar-refractivity contribution in [3.8, 4) is 0 Å². The van der Waals surface area contributed by atoms with E-state index in [1.807, 2.05) is 18.2 Å². The van der Waals surface area contributed by atoms with Gasteiger partial charge in [0, 0.05) is 11.7 Å². The lowest BCUT2D eigenvalue weighted by molar-refractivity contribution is 0.144. The Morgan fingerprint density at radius 1 is 1.22 bits per heavy atom. The van der Waals surface area contributed by atoms with Crippen molar-refractivity contribution in [1.82, 2.24) is 5.48 Å². The monoisotopic (exact) mass is 264 g/mol. The van der Waals surface area contributed by atoms with E-state index in [0.29, 0.717) is 11.2 Å². The van der Waals surface area contributed by atoms with Gasteiger partial charge in [-0.1, -0.05) is 37.5 Å². The van der Waals surface area contributed by atoms with Crippen LogP contribution in [-0.4, -0.2) is 18.3 Å². The predicted molar refractivity (Wildman–Crippen MR) is 78.5 cm³/mol. The van der Waals surface area contributed by atoms with Crippen LogP contribution in [0.15, 0.2) is 30.3 Å². The fourth-order valence-electron chi connectivity index (χ4n) is 2.56. The van der Waals surface area contributed by atoms with Crippen LogP contribution in [0.5, 0.6) is 0 Å². The van der Waals surface area contributed by atoms with Gasteiger partial charge in [-0.3, -0.25) is 4.84 Å². The first-order valence-electron chi connectivity index (χ1n) is 6.50. The molecule has 1 aliphatic rings. The second kappa shape index (κ2) is 6.71. The van der Waals surface area contributed by atoms with Crippen molar-refractivity contribution >= 4 is 23.0 Å². The average Bonchev–Trinajstić information content (AvgIpc) is 2.42. The van der Waals surface area contributed by atoms with Gasteiger partial charge in [-0.2, -0.15) is 0 Å². The molecular formula is C14H20N2OS. The summed E-state index contributed by atoms with van der Waals surface area (Å²) in [7, 11) is 1.59. The summed E-state index contributed by atoms with van der Waals surface area (Å²) in [6, 6.07) is 10.8. The lowest BCUT2D eigenvalue weighted by atomic mass is 9.94. The van der Waals surface area contributed by atoms with Crippen LogP contribution in [0, 0.1) is 0 Å². The van der Waals surface area contributed by atoms with Crippen LogP contribution >= 0.6 is 12.2 Å². The van der Waals surface area contributed by atoms with Crippen molar-refractivity contribution in [3.05, 3.63) is 30.3 Å². The zero-order valence-electron chi connectivity index (χ0n) is 10.8. The fraction of sp³-hybridized carbons (Fsp3) is 0.500. The number of anilines is 1. The minimum Gasteiger partial charge on any atom is -0.314 e. The summed E-state index contributed by atoms with van der Waals surface area (Å²) in [6.07, 6.45) is 6.29. The van der Waals surface area contributed by atoms with E-state index in [-0.39, 0.29) is 0 Å². The minimum atomic E-state index is 0.483. The van der Waals surface area contributed by atoms with E-state index in [1.165, 1.54) is 32.1 Å². The number of hydrogen-bond donors (Lipinski definition) is 1. The molecule has 4 heteroatoms. The predicted octanol–water partition coefficient (Wildman–Crippen LogP) is 3.26. The van der Waals surface area contributed by atoms with Gasteiger partial charge in [0.05, 0.1) is 7.11 Å². The van der Waals surface area contributed by atoms with Crippen LogP contribution in [0.3, 0.4) is 0 Å². The molecule has 0 aliphatic heterocycles. The number of benzene rings is 1. The number of hydrogen-bond acceptors (Lipinski definition) is 2. The first kappa shape index (κ1) is 13.3. The van der Waals surface area contributed by atoms with Gasteiger partial charge in [-0.15, -0.1) is 0 Å². The molecular weight excluding hydrogens is 244 g/mol. The first-order chi connectivity index (χ1) is 8.83. The highest BCUT2D eigenvalue weighted by Crippen LogP contribution is 2.27. The van der Waals surface area contributed by atoms with Gasteiger partial charge < -0.3 is 4.90 Å². The lowest BCUT2D eigenvalue weighted by Crippen LogP contribution is -2.46. The molecule has 0 saturated heterocycles. The Labute approximate surface area is 114 Å². The maximum Gasteiger partial charge on any atom is 0.197 e. The van der Waals surface area contributed by atoms with E-state index >= 15 is 0 Å². The molecule has 0 spiro atoms. The summed E-state index contributed by atoms with van der Waals surface area (Å²) in [5, 5.41) is 0.649. The second-order valence-electron chi connectivity index (χ2n) is 4.61. The van der Waals surface area contributed by atoms with E-state index in [9.17, 15) is 0 Å². The quantitative estimate of drug-likeness (QED) is 0.669. The molecule has 0 atom stereocenters. The molecule has 1 N–H and O–H groups in total. The third kappa shape index (κ3) is 3.21. The Balaban J connectivity index is 2.19. The Morgan fingerprint density at radius 3 is 2.50 bits per heavy atom. The molecule has 0 radical (unpaired) electrons. The summed E-state index contributed by atoms with van der Waals surface area (Å²) >= 11 is 5.43. The average molecular weight is 264 g/mol. The third-order valence-corrected chi connectivity index (χ3v) is 3.66. The third-order valence-electron chi connectivity index (χ3n) is 3.38. The largest absolute Gasteiger partial charge is 0.314 e. The summed E-state index contributed by atoms with van der Waals surface area (Å²) in [5.41, 5.74) is 3.94. The molecule has 2 rings (SSSR count). The van der Waals surface area contributed by atoms with E-state index < -0.39 is 0 Å². The van der Waals surface area contributed by atoms with Gasteiger partial charge in [0.1, 0.15) is 0 Å². The second-order valence-corrected chi connectivity index (χ2v) is 5.00. The van der Waals surface area contributed by atoms with Crippen molar-refractivity contribution in [2.75, 3.05) is 12.0 Å². The molecule has 1 fully saturated rings. The Bertz CT molecular complexity index is 377. The molecule has 0 heterocycles. The maximum atomic E-state index is 5.43. The molecule has 1 saturated carbocycles. The lowest BCUT2D eigenvalue weighted by Gasteiger charge is -2.35.